The fourth-order valence-electron chi connectivity index (χ4n) is 5.59. The van der Waals surface area contributed by atoms with Crippen LogP contribution in [-0.4, -0.2) is 19.5 Å². The van der Waals surface area contributed by atoms with Gasteiger partial charge in [-0.05, 0) is 28.8 Å². The van der Waals surface area contributed by atoms with Gasteiger partial charge < -0.3 is 0 Å². The Hall–Kier alpha value is -5.87. The summed E-state index contributed by atoms with van der Waals surface area (Å²) in [6.45, 7) is 0. The van der Waals surface area contributed by atoms with Gasteiger partial charge in [0.25, 0.3) is 0 Å². The van der Waals surface area contributed by atoms with E-state index in [1.165, 1.54) is 0 Å². The van der Waals surface area contributed by atoms with Crippen LogP contribution >= 0.6 is 0 Å². The van der Waals surface area contributed by atoms with Crippen molar-refractivity contribution in [1.29, 1.82) is 0 Å². The molecule has 0 aliphatic carbocycles. The molecular weight excluding hydrogens is 524 g/mol. The van der Waals surface area contributed by atoms with Crippen LogP contribution in [0.2, 0.25) is 0 Å². The molecule has 8 aromatic rings. The van der Waals surface area contributed by atoms with E-state index in [4.69, 9.17) is 20.4 Å². The molecule has 0 N–H and O–H groups in total. The molecule has 0 atom stereocenters. The molecule has 0 fully saturated rings. The SMILES string of the molecule is [2H]c1c([2H])c([2H])c2c(c1[2H])c1cccc(-c3cccc(-c4ccccc4)c3)c1n2-c1nc(-c2ccccc2)nc(-c2ccccc2)n1. The van der Waals surface area contributed by atoms with Crippen LogP contribution in [0.4, 0.5) is 0 Å². The van der Waals surface area contributed by atoms with E-state index in [0.29, 0.717) is 33.5 Å². The van der Waals surface area contributed by atoms with Gasteiger partial charge in [0.2, 0.25) is 5.95 Å². The molecule has 43 heavy (non-hydrogen) atoms. The molecule has 6 aromatic carbocycles. The van der Waals surface area contributed by atoms with Crippen molar-refractivity contribution >= 4 is 21.8 Å². The first-order chi connectivity index (χ1) is 23.0. The van der Waals surface area contributed by atoms with Gasteiger partial charge in [-0.3, -0.25) is 4.57 Å². The lowest BCUT2D eigenvalue weighted by Gasteiger charge is -2.13. The summed E-state index contributed by atoms with van der Waals surface area (Å²) in [4.78, 5) is 14.8. The Labute approximate surface area is 255 Å². The van der Waals surface area contributed by atoms with E-state index in [-0.39, 0.29) is 30.1 Å². The summed E-state index contributed by atoms with van der Waals surface area (Å²) in [7, 11) is 0. The van der Waals surface area contributed by atoms with Crippen molar-refractivity contribution in [3.05, 3.63) is 158 Å². The van der Waals surface area contributed by atoms with Crippen LogP contribution in [0.3, 0.4) is 0 Å². The first-order valence-electron chi connectivity index (χ1n) is 16.1. The highest BCUT2D eigenvalue weighted by Crippen LogP contribution is 2.38. The molecular formula is C39H26N4. The molecule has 0 spiro atoms. The first kappa shape index (κ1) is 20.9. The average Bonchev–Trinajstić information content (AvgIpc) is 3.50. The molecule has 0 saturated carbocycles. The Morgan fingerprint density at radius 3 is 1.70 bits per heavy atom. The topological polar surface area (TPSA) is 43.6 Å². The quantitative estimate of drug-likeness (QED) is 0.213. The number of rotatable bonds is 5. The van der Waals surface area contributed by atoms with Crippen LogP contribution in [-0.2, 0) is 0 Å². The van der Waals surface area contributed by atoms with Gasteiger partial charge in [0, 0.05) is 27.5 Å². The van der Waals surface area contributed by atoms with Crippen LogP contribution in [0.5, 0.6) is 0 Å². The summed E-state index contributed by atoms with van der Waals surface area (Å²) in [5, 5.41) is 1.09. The van der Waals surface area contributed by atoms with Gasteiger partial charge in [0.15, 0.2) is 11.6 Å². The van der Waals surface area contributed by atoms with Crippen molar-refractivity contribution in [2.45, 2.75) is 0 Å². The van der Waals surface area contributed by atoms with Crippen molar-refractivity contribution in [1.82, 2.24) is 19.5 Å². The Balaban J connectivity index is 1.51. The van der Waals surface area contributed by atoms with E-state index >= 15 is 0 Å². The molecule has 4 heteroatoms. The zero-order valence-electron chi connectivity index (χ0n) is 27.0. The maximum atomic E-state index is 9.12. The number of para-hydroxylation sites is 2. The van der Waals surface area contributed by atoms with Crippen molar-refractivity contribution < 1.29 is 5.48 Å². The van der Waals surface area contributed by atoms with Gasteiger partial charge in [0.1, 0.15) is 0 Å². The fourth-order valence-corrected chi connectivity index (χ4v) is 5.59. The molecule has 0 amide bonds. The summed E-state index contributed by atoms with van der Waals surface area (Å²) in [5.41, 5.74) is 6.49. The number of nitrogens with zero attached hydrogens (tertiary/aromatic N) is 4. The van der Waals surface area contributed by atoms with Crippen LogP contribution in [0.1, 0.15) is 5.48 Å². The second kappa shape index (κ2) is 10.5. The molecule has 2 aromatic heterocycles. The van der Waals surface area contributed by atoms with Crippen LogP contribution in [0, 0.1) is 0 Å². The normalized spacial score (nSPS) is 12.6. The van der Waals surface area contributed by atoms with Crippen LogP contribution < -0.4 is 0 Å². The smallest absolute Gasteiger partial charge is 0.238 e. The standard InChI is InChI=1S/C39H26N4/c1-4-14-27(15-5-1)30-20-12-21-31(26-30)32-23-13-24-34-33-22-10-11-25-35(33)43(36(32)34)39-41-37(28-16-6-2-7-17-28)40-38(42-39)29-18-8-3-9-19-29/h1-26H/i10D,11D,22D,25D. The summed E-state index contributed by atoms with van der Waals surface area (Å²) in [6, 6.07) is 42.7. The number of fused-ring (bicyclic) bond motifs is 3. The first-order valence-corrected chi connectivity index (χ1v) is 14.1. The zero-order valence-corrected chi connectivity index (χ0v) is 23.0. The fraction of sp³-hybridized carbons (Fsp3) is 0. The Bertz CT molecular complexity index is 2390. The van der Waals surface area contributed by atoms with Gasteiger partial charge in [0.05, 0.1) is 16.5 Å². The van der Waals surface area contributed by atoms with Gasteiger partial charge in [-0.15, -0.1) is 0 Å². The zero-order chi connectivity index (χ0) is 32.1. The third-order valence-electron chi connectivity index (χ3n) is 7.59. The minimum absolute atomic E-state index is 0.111. The second-order valence-electron chi connectivity index (χ2n) is 10.2. The maximum absolute atomic E-state index is 9.12. The Morgan fingerprint density at radius 2 is 1.02 bits per heavy atom. The van der Waals surface area contributed by atoms with Crippen molar-refractivity contribution in [3.63, 3.8) is 0 Å². The van der Waals surface area contributed by atoms with E-state index in [2.05, 4.69) is 24.3 Å². The highest BCUT2D eigenvalue weighted by molar-refractivity contribution is 6.13. The van der Waals surface area contributed by atoms with E-state index in [1.807, 2.05) is 109 Å². The molecule has 0 bridgehead atoms. The summed E-state index contributed by atoms with van der Waals surface area (Å²) in [5.74, 6) is 1.16. The van der Waals surface area contributed by atoms with E-state index in [0.717, 1.165) is 33.4 Å². The molecule has 4 nitrogen and oxygen atoms in total. The second-order valence-corrected chi connectivity index (χ2v) is 10.2. The molecule has 0 unspecified atom stereocenters. The van der Waals surface area contributed by atoms with E-state index in [1.54, 1.807) is 4.57 Å². The third kappa shape index (κ3) is 4.46. The predicted octanol–water partition coefficient (Wildman–Crippen LogP) is 9.64. The molecule has 0 aliphatic rings. The van der Waals surface area contributed by atoms with Gasteiger partial charge in [-0.1, -0.05) is 146 Å². The number of hydrogen-bond donors (Lipinski definition) is 0. The van der Waals surface area contributed by atoms with Crippen LogP contribution in [0.15, 0.2) is 158 Å². The van der Waals surface area contributed by atoms with Crippen LogP contribution in [0.25, 0.3) is 72.8 Å². The van der Waals surface area contributed by atoms with Gasteiger partial charge in [-0.2, -0.15) is 9.97 Å². The summed E-state index contributed by atoms with van der Waals surface area (Å²) < 4.78 is 37.1. The average molecular weight is 555 g/mol. The molecule has 202 valence electrons. The molecule has 8 rings (SSSR count). The molecule has 2 heterocycles. The van der Waals surface area contributed by atoms with E-state index < -0.39 is 0 Å². The molecule has 0 aliphatic heterocycles. The lowest BCUT2D eigenvalue weighted by atomic mass is 9.97. The minimum Gasteiger partial charge on any atom is -0.277 e. The number of hydrogen-bond acceptors (Lipinski definition) is 3. The van der Waals surface area contributed by atoms with Crippen molar-refractivity contribution in [3.8, 4) is 51.0 Å². The van der Waals surface area contributed by atoms with Gasteiger partial charge >= 0.3 is 0 Å². The summed E-state index contributed by atoms with van der Waals surface area (Å²) >= 11 is 0. The highest BCUT2D eigenvalue weighted by atomic mass is 15.2. The summed E-state index contributed by atoms with van der Waals surface area (Å²) in [6.07, 6.45) is 0. The van der Waals surface area contributed by atoms with Gasteiger partial charge in [-0.25, -0.2) is 4.98 Å². The Kier molecular flexibility index (Phi) is 5.11. The predicted molar refractivity (Wildman–Crippen MR) is 176 cm³/mol. The van der Waals surface area contributed by atoms with E-state index in [9.17, 15) is 0 Å². The molecule has 0 radical (unpaired) electrons. The minimum atomic E-state index is -0.320. The Morgan fingerprint density at radius 1 is 0.465 bits per heavy atom. The third-order valence-corrected chi connectivity index (χ3v) is 7.59. The highest BCUT2D eigenvalue weighted by Gasteiger charge is 2.20. The lowest BCUT2D eigenvalue weighted by molar-refractivity contribution is 0.954. The maximum Gasteiger partial charge on any atom is 0.238 e. The largest absolute Gasteiger partial charge is 0.277 e. The monoisotopic (exact) mass is 554 g/mol. The number of aromatic nitrogens is 4. The van der Waals surface area contributed by atoms with Crippen molar-refractivity contribution in [2.75, 3.05) is 0 Å². The number of benzene rings is 6. The lowest BCUT2D eigenvalue weighted by Crippen LogP contribution is -2.06. The molecule has 0 saturated heterocycles. The van der Waals surface area contributed by atoms with Crippen molar-refractivity contribution in [2.24, 2.45) is 0 Å².